The minimum atomic E-state index is -0.588. The highest BCUT2D eigenvalue weighted by atomic mass is 16.6. The molecule has 3 aromatic rings. The van der Waals surface area contributed by atoms with Gasteiger partial charge >= 0.3 is 5.69 Å². The molecule has 3 aromatic carbocycles. The Kier molecular flexibility index (Phi) is 10.1. The number of hydrogen-bond acceptors (Lipinski definition) is 9. The second-order valence-corrected chi connectivity index (χ2v) is 8.31. The predicted molar refractivity (Wildman–Crippen MR) is 151 cm³/mol. The van der Waals surface area contributed by atoms with Gasteiger partial charge in [0.05, 0.1) is 47.6 Å². The highest BCUT2D eigenvalue weighted by Gasteiger charge is 2.17. The van der Waals surface area contributed by atoms with Crippen LogP contribution in [-0.4, -0.2) is 53.4 Å². The summed E-state index contributed by atoms with van der Waals surface area (Å²) in [6.45, 7) is 0. The number of carbonyl (C=O) groups is 1. The third-order valence-corrected chi connectivity index (χ3v) is 6.05. The van der Waals surface area contributed by atoms with Crippen LogP contribution < -0.4 is 28.4 Å². The number of benzene rings is 3. The zero-order valence-corrected chi connectivity index (χ0v) is 23.2. The van der Waals surface area contributed by atoms with Gasteiger partial charge in [-0.15, -0.1) is 0 Å². The summed E-state index contributed by atoms with van der Waals surface area (Å²) in [7, 11) is 9.07. The van der Waals surface area contributed by atoms with E-state index in [1.165, 1.54) is 31.4 Å². The molecule has 10 nitrogen and oxygen atoms in total. The Morgan fingerprint density at radius 1 is 0.750 bits per heavy atom. The van der Waals surface area contributed by atoms with Crippen LogP contribution in [0.15, 0.2) is 54.6 Å². The van der Waals surface area contributed by atoms with Gasteiger partial charge in [-0.25, -0.2) is 0 Å². The van der Waals surface area contributed by atoms with E-state index in [9.17, 15) is 14.9 Å². The molecule has 0 radical (unpaired) electrons. The van der Waals surface area contributed by atoms with Crippen molar-refractivity contribution in [3.63, 3.8) is 0 Å². The number of methoxy groups -OCH3 is 6. The fraction of sp³-hybridized carbons (Fsp3) is 0.233. The molecule has 210 valence electrons. The van der Waals surface area contributed by atoms with Crippen LogP contribution in [0.1, 0.15) is 27.0 Å². The minimum Gasteiger partial charge on any atom is -0.493 e. The zero-order chi connectivity index (χ0) is 29.2. The molecule has 0 heterocycles. The number of rotatable bonds is 13. The van der Waals surface area contributed by atoms with Crippen LogP contribution in [0.3, 0.4) is 0 Å². The van der Waals surface area contributed by atoms with Crippen molar-refractivity contribution in [2.24, 2.45) is 0 Å². The summed E-state index contributed by atoms with van der Waals surface area (Å²) in [6, 6.07) is 11.4. The molecule has 0 N–H and O–H groups in total. The number of nitro groups is 1. The van der Waals surface area contributed by atoms with E-state index in [-0.39, 0.29) is 22.8 Å². The highest BCUT2D eigenvalue weighted by Crippen LogP contribution is 2.39. The first-order valence-electron chi connectivity index (χ1n) is 12.1. The lowest BCUT2D eigenvalue weighted by Crippen LogP contribution is -2.00. The molecule has 0 aromatic heterocycles. The maximum Gasteiger partial charge on any atom is 0.311 e. The molecule has 0 unspecified atom stereocenters. The van der Waals surface area contributed by atoms with E-state index in [0.29, 0.717) is 35.2 Å². The summed E-state index contributed by atoms with van der Waals surface area (Å²) < 4.78 is 32.3. The van der Waals surface area contributed by atoms with Crippen molar-refractivity contribution in [1.29, 1.82) is 0 Å². The molecule has 0 atom stereocenters. The average Bonchev–Trinajstić information content (AvgIpc) is 2.98. The molecule has 40 heavy (non-hydrogen) atoms. The van der Waals surface area contributed by atoms with Gasteiger partial charge < -0.3 is 28.4 Å². The van der Waals surface area contributed by atoms with E-state index in [1.54, 1.807) is 41.6 Å². The summed E-state index contributed by atoms with van der Waals surface area (Å²) in [5.41, 5.74) is 2.39. The number of ketones is 1. The second-order valence-electron chi connectivity index (χ2n) is 8.31. The first kappa shape index (κ1) is 29.6. The molecule has 0 fully saturated rings. The topological polar surface area (TPSA) is 116 Å². The Labute approximate surface area is 232 Å². The van der Waals surface area contributed by atoms with Crippen molar-refractivity contribution in [2.75, 3.05) is 42.7 Å². The van der Waals surface area contributed by atoms with E-state index < -0.39 is 4.92 Å². The quantitative estimate of drug-likeness (QED) is 0.0858. The van der Waals surface area contributed by atoms with Crippen molar-refractivity contribution in [3.05, 3.63) is 87.0 Å². The number of carbonyl (C=O) groups excluding carboxylic acids is 1. The van der Waals surface area contributed by atoms with Crippen molar-refractivity contribution < 1.29 is 38.1 Å². The number of ether oxygens (including phenoxy) is 6. The zero-order valence-electron chi connectivity index (χ0n) is 23.2. The third kappa shape index (κ3) is 6.71. The summed E-state index contributed by atoms with van der Waals surface area (Å²) in [5, 5.41) is 11.3. The van der Waals surface area contributed by atoms with Gasteiger partial charge in [0, 0.05) is 11.6 Å². The maximum absolute atomic E-state index is 12.8. The van der Waals surface area contributed by atoms with Crippen molar-refractivity contribution in [1.82, 2.24) is 0 Å². The van der Waals surface area contributed by atoms with Gasteiger partial charge in [-0.2, -0.15) is 0 Å². The molecule has 3 rings (SSSR count). The summed E-state index contributed by atoms with van der Waals surface area (Å²) in [6.07, 6.45) is 7.24. The van der Waals surface area contributed by atoms with Gasteiger partial charge in [0.15, 0.2) is 34.5 Å². The average molecular weight is 550 g/mol. The Hall–Kier alpha value is -4.99. The second kappa shape index (κ2) is 13.7. The van der Waals surface area contributed by atoms with Crippen molar-refractivity contribution in [3.8, 4) is 34.5 Å². The smallest absolute Gasteiger partial charge is 0.311 e. The molecular weight excluding hydrogens is 518 g/mol. The number of nitro benzene ring substituents is 1. The molecule has 0 aliphatic carbocycles. The van der Waals surface area contributed by atoms with Crippen LogP contribution >= 0.6 is 0 Å². The molecule has 0 spiro atoms. The molecule has 0 aliphatic rings. The largest absolute Gasteiger partial charge is 0.493 e. The highest BCUT2D eigenvalue weighted by molar-refractivity contribution is 6.05. The molecular formula is C30H31NO9. The van der Waals surface area contributed by atoms with Crippen LogP contribution in [0, 0.1) is 10.1 Å². The Morgan fingerprint density at radius 3 is 1.90 bits per heavy atom. The van der Waals surface area contributed by atoms with Gasteiger partial charge in [-0.1, -0.05) is 18.2 Å². The normalized spacial score (nSPS) is 10.9. The number of nitrogens with zero attached hydrogens (tertiary/aromatic N) is 1. The fourth-order valence-electron chi connectivity index (χ4n) is 4.03. The van der Waals surface area contributed by atoms with E-state index >= 15 is 0 Å². The van der Waals surface area contributed by atoms with Gasteiger partial charge in [0.1, 0.15) is 0 Å². The van der Waals surface area contributed by atoms with Crippen LogP contribution in [-0.2, 0) is 6.42 Å². The van der Waals surface area contributed by atoms with Gasteiger partial charge in [0.25, 0.3) is 0 Å². The van der Waals surface area contributed by atoms with E-state index in [0.717, 1.165) is 16.7 Å². The SMILES string of the molecule is COc1cc(/C=C\c2cc(OC)c(OC)c(OC)c2)c(C/C=C\C(=O)c2ccc(OC)c([N+](=O)[O-])c2)cc1OC. The number of allylic oxidation sites excluding steroid dienone is 2. The Bertz CT molecular complexity index is 1420. The summed E-state index contributed by atoms with van der Waals surface area (Å²) >= 11 is 0. The number of hydrogen-bond donors (Lipinski definition) is 0. The van der Waals surface area contributed by atoms with Crippen LogP contribution in [0.4, 0.5) is 5.69 Å². The third-order valence-electron chi connectivity index (χ3n) is 6.05. The van der Waals surface area contributed by atoms with E-state index in [2.05, 4.69) is 0 Å². The molecule has 0 saturated carbocycles. The first-order valence-corrected chi connectivity index (χ1v) is 12.1. The lowest BCUT2D eigenvalue weighted by molar-refractivity contribution is -0.385. The summed E-state index contributed by atoms with van der Waals surface area (Å²) in [5.74, 6) is 2.32. The van der Waals surface area contributed by atoms with E-state index in [4.69, 9.17) is 28.4 Å². The minimum absolute atomic E-state index is 0.0828. The van der Waals surface area contributed by atoms with Gasteiger partial charge in [-0.3, -0.25) is 14.9 Å². The molecule has 0 bridgehead atoms. The molecule has 0 saturated heterocycles. The van der Waals surface area contributed by atoms with Crippen molar-refractivity contribution >= 4 is 23.6 Å². The van der Waals surface area contributed by atoms with Crippen molar-refractivity contribution in [2.45, 2.75) is 6.42 Å². The van der Waals surface area contributed by atoms with Crippen LogP contribution in [0.2, 0.25) is 0 Å². The standard InChI is InChI=1S/C30H31NO9/c1-35-25-13-12-22(16-23(25)31(33)34)24(32)9-7-8-20-17-26(36-2)27(37-3)18-21(20)11-10-19-14-28(38-4)30(40-6)29(15-19)39-5/h7,9-18H,8H2,1-6H3/b9-7-,11-10-. The fourth-order valence-corrected chi connectivity index (χ4v) is 4.03. The monoisotopic (exact) mass is 549 g/mol. The van der Waals surface area contributed by atoms with Gasteiger partial charge in [0.2, 0.25) is 5.75 Å². The maximum atomic E-state index is 12.8. The predicted octanol–water partition coefficient (Wildman–Crippen LogP) is 5.80. The van der Waals surface area contributed by atoms with E-state index in [1.807, 2.05) is 36.4 Å². The molecule has 0 aliphatic heterocycles. The molecule has 0 amide bonds. The lowest BCUT2D eigenvalue weighted by Gasteiger charge is -2.14. The van der Waals surface area contributed by atoms with Crippen LogP contribution in [0.25, 0.3) is 12.2 Å². The summed E-state index contributed by atoms with van der Waals surface area (Å²) in [4.78, 5) is 23.5. The van der Waals surface area contributed by atoms with Gasteiger partial charge in [-0.05, 0) is 65.6 Å². The molecule has 10 heteroatoms. The first-order chi connectivity index (χ1) is 19.3. The van der Waals surface area contributed by atoms with Crippen LogP contribution in [0.5, 0.6) is 34.5 Å². The lowest BCUT2D eigenvalue weighted by atomic mass is 10.0. The Balaban J connectivity index is 1.94. The Morgan fingerprint density at radius 2 is 1.35 bits per heavy atom.